The first-order valence-corrected chi connectivity index (χ1v) is 5.26. The fourth-order valence-corrected chi connectivity index (χ4v) is 1.44. The van der Waals surface area contributed by atoms with Crippen LogP contribution >= 0.6 is 0 Å². The predicted octanol–water partition coefficient (Wildman–Crippen LogP) is 1.76. The number of aliphatic carboxylic acids is 1. The van der Waals surface area contributed by atoms with Crippen molar-refractivity contribution in [3.8, 4) is 0 Å². The van der Waals surface area contributed by atoms with Crippen molar-refractivity contribution in [3.63, 3.8) is 0 Å². The van der Waals surface area contributed by atoms with Gasteiger partial charge in [0.25, 0.3) is 5.91 Å². The standard InChI is InChI=1S/C12H13F2NO3/c1-7(12(17)18)6-15(2)11(16)9-5-8(13)3-4-10(9)14/h3-5,7H,6H2,1-2H3,(H,17,18). The number of nitrogens with zero attached hydrogens (tertiary/aromatic N) is 1. The number of hydrogen-bond acceptors (Lipinski definition) is 2. The van der Waals surface area contributed by atoms with Crippen molar-refractivity contribution < 1.29 is 23.5 Å². The molecule has 1 atom stereocenters. The number of halogens is 2. The molecule has 1 aromatic rings. The molecule has 0 aliphatic heterocycles. The Balaban J connectivity index is 2.86. The molecule has 0 aromatic heterocycles. The number of carboxylic acid groups (broad SMARTS) is 1. The van der Waals surface area contributed by atoms with Gasteiger partial charge in [-0.15, -0.1) is 0 Å². The van der Waals surface area contributed by atoms with E-state index in [2.05, 4.69) is 0 Å². The lowest BCUT2D eigenvalue weighted by atomic mass is 10.1. The SMILES string of the molecule is CC(CN(C)C(=O)c1cc(F)ccc1F)C(=O)O. The molecule has 0 aliphatic rings. The third-order valence-corrected chi connectivity index (χ3v) is 2.47. The molecule has 1 amide bonds. The van der Waals surface area contributed by atoms with Crippen molar-refractivity contribution in [2.45, 2.75) is 6.92 Å². The highest BCUT2D eigenvalue weighted by atomic mass is 19.1. The van der Waals surface area contributed by atoms with Crippen molar-refractivity contribution in [3.05, 3.63) is 35.4 Å². The van der Waals surface area contributed by atoms with E-state index in [1.165, 1.54) is 14.0 Å². The Morgan fingerprint density at radius 1 is 1.39 bits per heavy atom. The van der Waals surface area contributed by atoms with Gasteiger partial charge in [-0.3, -0.25) is 9.59 Å². The lowest BCUT2D eigenvalue weighted by Crippen LogP contribution is -2.34. The summed E-state index contributed by atoms with van der Waals surface area (Å²) in [4.78, 5) is 23.5. The summed E-state index contributed by atoms with van der Waals surface area (Å²) in [7, 11) is 1.34. The minimum atomic E-state index is -1.06. The molecule has 0 bridgehead atoms. The Kier molecular flexibility index (Phi) is 4.36. The maximum absolute atomic E-state index is 13.3. The van der Waals surface area contributed by atoms with E-state index in [0.29, 0.717) is 0 Å². The first-order valence-electron chi connectivity index (χ1n) is 5.26. The number of carbonyl (C=O) groups excluding carboxylic acids is 1. The van der Waals surface area contributed by atoms with Crippen LogP contribution in [0.2, 0.25) is 0 Å². The van der Waals surface area contributed by atoms with Crippen LogP contribution in [0.4, 0.5) is 8.78 Å². The van der Waals surface area contributed by atoms with E-state index in [1.807, 2.05) is 0 Å². The Bertz CT molecular complexity index is 476. The second kappa shape index (κ2) is 5.57. The molecule has 0 saturated heterocycles. The molecule has 1 unspecified atom stereocenters. The Morgan fingerprint density at radius 2 is 2.00 bits per heavy atom. The molecule has 0 radical (unpaired) electrons. The van der Waals surface area contributed by atoms with E-state index in [4.69, 9.17) is 5.11 Å². The average molecular weight is 257 g/mol. The van der Waals surface area contributed by atoms with Crippen LogP contribution in [0.25, 0.3) is 0 Å². The van der Waals surface area contributed by atoms with Crippen LogP contribution in [0.5, 0.6) is 0 Å². The van der Waals surface area contributed by atoms with Crippen LogP contribution in [0.3, 0.4) is 0 Å². The van der Waals surface area contributed by atoms with Gasteiger partial charge < -0.3 is 10.0 Å². The lowest BCUT2D eigenvalue weighted by molar-refractivity contribution is -0.141. The molecule has 0 saturated carbocycles. The van der Waals surface area contributed by atoms with E-state index >= 15 is 0 Å². The second-order valence-electron chi connectivity index (χ2n) is 4.05. The van der Waals surface area contributed by atoms with Gasteiger partial charge in [-0.1, -0.05) is 6.92 Å². The maximum atomic E-state index is 13.3. The first kappa shape index (κ1) is 14.1. The number of benzene rings is 1. The van der Waals surface area contributed by atoms with Gasteiger partial charge in [0.1, 0.15) is 11.6 Å². The molecular formula is C12H13F2NO3. The van der Waals surface area contributed by atoms with Crippen LogP contribution in [0.1, 0.15) is 17.3 Å². The van der Waals surface area contributed by atoms with E-state index < -0.39 is 35.0 Å². The summed E-state index contributed by atoms with van der Waals surface area (Å²) in [6.45, 7) is 1.35. The van der Waals surface area contributed by atoms with Gasteiger partial charge in [-0.05, 0) is 18.2 Å². The van der Waals surface area contributed by atoms with E-state index in [0.717, 1.165) is 23.1 Å². The molecule has 18 heavy (non-hydrogen) atoms. The summed E-state index contributed by atoms with van der Waals surface area (Å²) in [5.41, 5.74) is -0.407. The second-order valence-corrected chi connectivity index (χ2v) is 4.05. The van der Waals surface area contributed by atoms with Gasteiger partial charge in [0.15, 0.2) is 0 Å². The lowest BCUT2D eigenvalue weighted by Gasteiger charge is -2.19. The summed E-state index contributed by atoms with van der Waals surface area (Å²) < 4.78 is 26.3. The summed E-state index contributed by atoms with van der Waals surface area (Å²) in [5.74, 6) is -4.15. The molecule has 0 heterocycles. The van der Waals surface area contributed by atoms with Gasteiger partial charge >= 0.3 is 5.97 Å². The molecule has 1 rings (SSSR count). The molecule has 1 N–H and O–H groups in total. The molecule has 98 valence electrons. The van der Waals surface area contributed by atoms with Gasteiger partial charge in [-0.25, -0.2) is 8.78 Å². The van der Waals surface area contributed by atoms with E-state index in [9.17, 15) is 18.4 Å². The molecule has 6 heteroatoms. The molecule has 1 aromatic carbocycles. The topological polar surface area (TPSA) is 57.6 Å². The number of amides is 1. The maximum Gasteiger partial charge on any atom is 0.308 e. The minimum absolute atomic E-state index is 0.0792. The number of rotatable bonds is 4. The minimum Gasteiger partial charge on any atom is -0.481 e. The third-order valence-electron chi connectivity index (χ3n) is 2.47. The molecule has 4 nitrogen and oxygen atoms in total. The highest BCUT2D eigenvalue weighted by molar-refractivity contribution is 5.94. The highest BCUT2D eigenvalue weighted by Crippen LogP contribution is 2.12. The van der Waals surface area contributed by atoms with Crippen LogP contribution in [-0.4, -0.2) is 35.5 Å². The van der Waals surface area contributed by atoms with Crippen molar-refractivity contribution in [1.82, 2.24) is 4.90 Å². The summed E-state index contributed by atoms with van der Waals surface area (Å²) in [6.07, 6.45) is 0. The summed E-state index contributed by atoms with van der Waals surface area (Å²) >= 11 is 0. The number of carbonyl (C=O) groups is 2. The van der Waals surface area contributed by atoms with Gasteiger partial charge in [0, 0.05) is 13.6 Å². The molecule has 0 spiro atoms. The Morgan fingerprint density at radius 3 is 2.56 bits per heavy atom. The van der Waals surface area contributed by atoms with Gasteiger partial charge in [0.05, 0.1) is 11.5 Å². The monoisotopic (exact) mass is 257 g/mol. The van der Waals surface area contributed by atoms with Crippen molar-refractivity contribution in [1.29, 1.82) is 0 Å². The highest BCUT2D eigenvalue weighted by Gasteiger charge is 2.21. The zero-order valence-corrected chi connectivity index (χ0v) is 9.98. The largest absolute Gasteiger partial charge is 0.481 e. The van der Waals surface area contributed by atoms with Crippen molar-refractivity contribution in [2.75, 3.05) is 13.6 Å². The van der Waals surface area contributed by atoms with Gasteiger partial charge in [-0.2, -0.15) is 0 Å². The molecule has 0 aliphatic carbocycles. The summed E-state index contributed by atoms with van der Waals surface area (Å²) in [5, 5.41) is 8.71. The Labute approximate surface area is 103 Å². The normalized spacial score (nSPS) is 12.0. The van der Waals surface area contributed by atoms with Crippen molar-refractivity contribution in [2.24, 2.45) is 5.92 Å². The number of carboxylic acids is 1. The number of hydrogen-bond donors (Lipinski definition) is 1. The third kappa shape index (κ3) is 3.26. The van der Waals surface area contributed by atoms with Crippen LogP contribution < -0.4 is 0 Å². The van der Waals surface area contributed by atoms with E-state index in [-0.39, 0.29) is 6.54 Å². The fraction of sp³-hybridized carbons (Fsp3) is 0.333. The quantitative estimate of drug-likeness (QED) is 0.894. The van der Waals surface area contributed by atoms with Crippen molar-refractivity contribution >= 4 is 11.9 Å². The zero-order valence-electron chi connectivity index (χ0n) is 9.98. The van der Waals surface area contributed by atoms with E-state index in [1.54, 1.807) is 0 Å². The summed E-state index contributed by atoms with van der Waals surface area (Å²) in [6, 6.07) is 2.56. The Hall–Kier alpha value is -1.98. The predicted molar refractivity (Wildman–Crippen MR) is 60.1 cm³/mol. The average Bonchev–Trinajstić information content (AvgIpc) is 2.31. The zero-order chi connectivity index (χ0) is 13.9. The molecule has 0 fully saturated rings. The fourth-order valence-electron chi connectivity index (χ4n) is 1.44. The molecular weight excluding hydrogens is 244 g/mol. The smallest absolute Gasteiger partial charge is 0.308 e. The van der Waals surface area contributed by atoms with Crippen LogP contribution in [-0.2, 0) is 4.79 Å². The van der Waals surface area contributed by atoms with Crippen LogP contribution in [0, 0.1) is 17.6 Å². The first-order chi connectivity index (χ1) is 8.32. The van der Waals surface area contributed by atoms with Gasteiger partial charge in [0.2, 0.25) is 0 Å². The van der Waals surface area contributed by atoms with Crippen LogP contribution in [0.15, 0.2) is 18.2 Å².